The second-order valence-electron chi connectivity index (χ2n) is 5.20. The number of nitrogens with one attached hydrogen (secondary N) is 1. The first-order valence-electron chi connectivity index (χ1n) is 5.88. The first kappa shape index (κ1) is 14.2. The minimum atomic E-state index is -0.725. The lowest BCUT2D eigenvalue weighted by atomic mass is 9.91. The fourth-order valence-electron chi connectivity index (χ4n) is 1.75. The Bertz CT molecular complexity index is 346. The molecule has 4 heteroatoms. The number of thiophene rings is 1. The molecule has 1 aromatic heterocycles. The third-order valence-corrected chi connectivity index (χ3v) is 4.01. The lowest BCUT2D eigenvalue weighted by Crippen LogP contribution is -2.35. The summed E-state index contributed by atoms with van der Waals surface area (Å²) in [5.74, 6) is -0.552. The number of carboxylic acid groups (broad SMARTS) is 1. The maximum atomic E-state index is 10.5. The summed E-state index contributed by atoms with van der Waals surface area (Å²) in [6, 6.07) is 4.21. The van der Waals surface area contributed by atoms with Crippen LogP contribution in [-0.2, 0) is 10.2 Å². The third-order valence-electron chi connectivity index (χ3n) is 2.77. The molecule has 1 atom stereocenters. The van der Waals surface area contributed by atoms with E-state index in [0.717, 1.165) is 13.1 Å². The minimum Gasteiger partial charge on any atom is -0.481 e. The van der Waals surface area contributed by atoms with Crippen LogP contribution < -0.4 is 5.32 Å². The molecule has 0 saturated carbocycles. The van der Waals surface area contributed by atoms with Gasteiger partial charge in [-0.15, -0.1) is 11.3 Å². The lowest BCUT2D eigenvalue weighted by Gasteiger charge is -2.24. The van der Waals surface area contributed by atoms with Crippen LogP contribution in [-0.4, -0.2) is 24.2 Å². The first-order valence-corrected chi connectivity index (χ1v) is 6.76. The molecule has 0 aliphatic heterocycles. The van der Waals surface area contributed by atoms with Crippen molar-refractivity contribution in [1.82, 2.24) is 5.32 Å². The molecule has 1 rings (SSSR count). The molecule has 96 valence electrons. The number of rotatable bonds is 7. The first-order chi connectivity index (χ1) is 7.92. The Hall–Kier alpha value is -0.870. The summed E-state index contributed by atoms with van der Waals surface area (Å²) in [5.41, 5.74) is 0.108. The molecule has 1 heterocycles. The van der Waals surface area contributed by atoms with Crippen LogP contribution in [0, 0.1) is 5.92 Å². The summed E-state index contributed by atoms with van der Waals surface area (Å²) >= 11 is 1.77. The molecule has 0 radical (unpaired) electrons. The average molecular weight is 255 g/mol. The van der Waals surface area contributed by atoms with Crippen LogP contribution >= 0.6 is 11.3 Å². The molecule has 1 unspecified atom stereocenters. The van der Waals surface area contributed by atoms with Gasteiger partial charge in [0, 0.05) is 23.3 Å². The molecule has 0 spiro atoms. The molecular formula is C13H21NO2S. The summed E-state index contributed by atoms with van der Waals surface area (Å²) in [7, 11) is 0. The van der Waals surface area contributed by atoms with E-state index in [-0.39, 0.29) is 17.8 Å². The Balaban J connectivity index is 2.33. The summed E-state index contributed by atoms with van der Waals surface area (Å²) < 4.78 is 0. The zero-order chi connectivity index (χ0) is 12.9. The molecule has 17 heavy (non-hydrogen) atoms. The van der Waals surface area contributed by atoms with Gasteiger partial charge in [-0.1, -0.05) is 26.8 Å². The van der Waals surface area contributed by atoms with E-state index in [1.807, 2.05) is 6.92 Å². The highest BCUT2D eigenvalue weighted by molar-refractivity contribution is 7.10. The van der Waals surface area contributed by atoms with Crippen LogP contribution in [0.1, 0.15) is 32.1 Å². The standard InChI is InChI=1S/C13H21NO2S/c1-10(7-12(15)16)8-14-9-13(2,3)11-5-4-6-17-11/h4-6,10,14H,7-9H2,1-3H3,(H,15,16). The highest BCUT2D eigenvalue weighted by Crippen LogP contribution is 2.26. The molecule has 0 amide bonds. The van der Waals surface area contributed by atoms with E-state index in [1.165, 1.54) is 4.88 Å². The monoisotopic (exact) mass is 255 g/mol. The highest BCUT2D eigenvalue weighted by atomic mass is 32.1. The summed E-state index contributed by atoms with van der Waals surface area (Å²) in [6.45, 7) is 7.99. The van der Waals surface area contributed by atoms with Crippen molar-refractivity contribution in [2.75, 3.05) is 13.1 Å². The van der Waals surface area contributed by atoms with Crippen LogP contribution in [0.3, 0.4) is 0 Å². The van der Waals surface area contributed by atoms with Crippen molar-refractivity contribution in [3.8, 4) is 0 Å². The Kier molecular flexibility index (Phi) is 5.15. The van der Waals surface area contributed by atoms with Gasteiger partial charge in [-0.05, 0) is 23.9 Å². The van der Waals surface area contributed by atoms with Crippen LogP contribution in [0.2, 0.25) is 0 Å². The van der Waals surface area contributed by atoms with Crippen molar-refractivity contribution in [2.45, 2.75) is 32.6 Å². The van der Waals surface area contributed by atoms with Crippen molar-refractivity contribution in [2.24, 2.45) is 5.92 Å². The smallest absolute Gasteiger partial charge is 0.303 e. The molecular weight excluding hydrogens is 234 g/mol. The third kappa shape index (κ3) is 4.88. The molecule has 0 aromatic carbocycles. The van der Waals surface area contributed by atoms with Crippen LogP contribution in [0.15, 0.2) is 17.5 Å². The fraction of sp³-hybridized carbons (Fsp3) is 0.615. The summed E-state index contributed by atoms with van der Waals surface area (Å²) in [5, 5.41) is 14.1. The number of hydrogen-bond donors (Lipinski definition) is 2. The van der Waals surface area contributed by atoms with Gasteiger partial charge < -0.3 is 10.4 Å². The molecule has 2 N–H and O–H groups in total. The van der Waals surface area contributed by atoms with Crippen LogP contribution in [0.4, 0.5) is 0 Å². The van der Waals surface area contributed by atoms with Crippen molar-refractivity contribution < 1.29 is 9.90 Å². The van der Waals surface area contributed by atoms with Crippen LogP contribution in [0.5, 0.6) is 0 Å². The number of hydrogen-bond acceptors (Lipinski definition) is 3. The van der Waals surface area contributed by atoms with Crippen molar-refractivity contribution in [3.63, 3.8) is 0 Å². The molecule has 0 aliphatic rings. The fourth-order valence-corrected chi connectivity index (χ4v) is 2.60. The van der Waals surface area contributed by atoms with Gasteiger partial charge in [0.25, 0.3) is 0 Å². The average Bonchev–Trinajstić information content (AvgIpc) is 2.68. The van der Waals surface area contributed by atoms with Gasteiger partial charge in [-0.3, -0.25) is 4.79 Å². The predicted octanol–water partition coefficient (Wildman–Crippen LogP) is 2.73. The summed E-state index contributed by atoms with van der Waals surface area (Å²) in [4.78, 5) is 11.9. The zero-order valence-corrected chi connectivity index (χ0v) is 11.5. The van der Waals surface area contributed by atoms with E-state index >= 15 is 0 Å². The largest absolute Gasteiger partial charge is 0.481 e. The quantitative estimate of drug-likeness (QED) is 0.787. The molecule has 1 aromatic rings. The Morgan fingerprint density at radius 1 is 1.59 bits per heavy atom. The van der Waals surface area contributed by atoms with Crippen molar-refractivity contribution in [1.29, 1.82) is 0 Å². The highest BCUT2D eigenvalue weighted by Gasteiger charge is 2.21. The Morgan fingerprint density at radius 3 is 2.82 bits per heavy atom. The topological polar surface area (TPSA) is 49.3 Å². The Labute approximate surface area is 107 Å². The van der Waals surface area contributed by atoms with E-state index in [2.05, 4.69) is 36.7 Å². The lowest BCUT2D eigenvalue weighted by molar-refractivity contribution is -0.137. The van der Waals surface area contributed by atoms with Gasteiger partial charge in [0.05, 0.1) is 0 Å². The number of aliphatic carboxylic acids is 1. The van der Waals surface area contributed by atoms with E-state index in [9.17, 15) is 4.79 Å². The second kappa shape index (κ2) is 6.17. The van der Waals surface area contributed by atoms with E-state index in [4.69, 9.17) is 5.11 Å². The van der Waals surface area contributed by atoms with Crippen LogP contribution in [0.25, 0.3) is 0 Å². The van der Waals surface area contributed by atoms with Crippen molar-refractivity contribution in [3.05, 3.63) is 22.4 Å². The van der Waals surface area contributed by atoms with Gasteiger partial charge >= 0.3 is 5.97 Å². The maximum absolute atomic E-state index is 10.5. The summed E-state index contributed by atoms with van der Waals surface area (Å²) in [6.07, 6.45) is 0.229. The SMILES string of the molecule is CC(CNCC(C)(C)c1cccs1)CC(=O)O. The maximum Gasteiger partial charge on any atom is 0.303 e. The molecule has 3 nitrogen and oxygen atoms in total. The van der Waals surface area contributed by atoms with Gasteiger partial charge in [-0.25, -0.2) is 0 Å². The normalized spacial score (nSPS) is 13.6. The zero-order valence-electron chi connectivity index (χ0n) is 10.7. The molecule has 0 fully saturated rings. The number of carbonyl (C=O) groups is 1. The van der Waals surface area contributed by atoms with E-state index in [0.29, 0.717) is 0 Å². The van der Waals surface area contributed by atoms with Crippen molar-refractivity contribution >= 4 is 17.3 Å². The van der Waals surface area contributed by atoms with E-state index < -0.39 is 5.97 Å². The van der Waals surface area contributed by atoms with Gasteiger partial charge in [-0.2, -0.15) is 0 Å². The van der Waals surface area contributed by atoms with Gasteiger partial charge in [0.1, 0.15) is 0 Å². The molecule has 0 aliphatic carbocycles. The number of carboxylic acids is 1. The second-order valence-corrected chi connectivity index (χ2v) is 6.14. The molecule has 0 saturated heterocycles. The van der Waals surface area contributed by atoms with Gasteiger partial charge in [0.2, 0.25) is 0 Å². The molecule has 0 bridgehead atoms. The van der Waals surface area contributed by atoms with Gasteiger partial charge in [0.15, 0.2) is 0 Å². The predicted molar refractivity (Wildman–Crippen MR) is 71.6 cm³/mol. The minimum absolute atomic E-state index is 0.108. The Morgan fingerprint density at radius 2 is 2.29 bits per heavy atom. The van der Waals surface area contributed by atoms with E-state index in [1.54, 1.807) is 11.3 Å².